The number of aromatic nitrogens is 1. The van der Waals surface area contributed by atoms with E-state index in [1.165, 1.54) is 17.0 Å². The van der Waals surface area contributed by atoms with Gasteiger partial charge < -0.3 is 4.42 Å². The molecule has 0 fully saturated rings. The Balaban J connectivity index is 1.81. The van der Waals surface area contributed by atoms with Crippen LogP contribution in [0.3, 0.4) is 0 Å². The number of nitrogens with zero attached hydrogens (tertiary/aromatic N) is 2. The molecule has 0 radical (unpaired) electrons. The molecule has 1 aliphatic heterocycles. The Hall–Kier alpha value is -3.51. The van der Waals surface area contributed by atoms with Crippen LogP contribution in [0.1, 0.15) is 33.3 Å². The van der Waals surface area contributed by atoms with E-state index in [1.54, 1.807) is 36.5 Å². The summed E-state index contributed by atoms with van der Waals surface area (Å²) in [6, 6.07) is 13.3. The van der Waals surface area contributed by atoms with Crippen molar-refractivity contribution in [3.8, 4) is 0 Å². The molecular weight excluding hydrogens is 407 g/mol. The van der Waals surface area contributed by atoms with E-state index in [-0.39, 0.29) is 22.3 Å². The molecular formula is C23H14ClFN2O3. The van der Waals surface area contributed by atoms with Crippen molar-refractivity contribution in [1.29, 1.82) is 0 Å². The number of rotatable bonds is 2. The van der Waals surface area contributed by atoms with Crippen LogP contribution in [0.15, 0.2) is 70.0 Å². The Morgan fingerprint density at radius 3 is 2.53 bits per heavy atom. The Labute approximate surface area is 175 Å². The van der Waals surface area contributed by atoms with Gasteiger partial charge in [0.25, 0.3) is 5.91 Å². The van der Waals surface area contributed by atoms with E-state index >= 15 is 0 Å². The van der Waals surface area contributed by atoms with Crippen molar-refractivity contribution in [2.45, 2.75) is 13.0 Å². The van der Waals surface area contributed by atoms with Crippen LogP contribution in [-0.2, 0) is 0 Å². The molecule has 0 aliphatic carbocycles. The number of aryl methyl sites for hydroxylation is 1. The van der Waals surface area contributed by atoms with Gasteiger partial charge >= 0.3 is 0 Å². The Morgan fingerprint density at radius 1 is 1.07 bits per heavy atom. The van der Waals surface area contributed by atoms with Gasteiger partial charge in [0.15, 0.2) is 5.43 Å². The van der Waals surface area contributed by atoms with Crippen molar-refractivity contribution < 1.29 is 13.6 Å². The van der Waals surface area contributed by atoms with Gasteiger partial charge in [-0.25, -0.2) is 9.37 Å². The van der Waals surface area contributed by atoms with Crippen LogP contribution in [0.4, 0.5) is 10.2 Å². The number of fused-ring (bicyclic) bond motifs is 2. The van der Waals surface area contributed by atoms with E-state index in [4.69, 9.17) is 16.0 Å². The number of hydrogen-bond donors (Lipinski definition) is 0. The maximum absolute atomic E-state index is 13.8. The van der Waals surface area contributed by atoms with Crippen LogP contribution < -0.4 is 10.3 Å². The molecule has 2 aromatic heterocycles. The van der Waals surface area contributed by atoms with E-state index in [2.05, 4.69) is 4.98 Å². The summed E-state index contributed by atoms with van der Waals surface area (Å²) < 4.78 is 19.6. The molecule has 3 heterocycles. The number of pyridine rings is 1. The fourth-order valence-corrected chi connectivity index (χ4v) is 3.87. The third kappa shape index (κ3) is 2.80. The summed E-state index contributed by atoms with van der Waals surface area (Å²) in [5.74, 6) is -0.725. The van der Waals surface area contributed by atoms with E-state index < -0.39 is 23.2 Å². The van der Waals surface area contributed by atoms with Gasteiger partial charge in [-0.2, -0.15) is 0 Å². The molecule has 30 heavy (non-hydrogen) atoms. The number of halogens is 2. The van der Waals surface area contributed by atoms with Gasteiger partial charge in [-0.3, -0.25) is 14.5 Å². The molecule has 5 nitrogen and oxygen atoms in total. The second-order valence-electron chi connectivity index (χ2n) is 7.14. The van der Waals surface area contributed by atoms with Gasteiger partial charge in [0.05, 0.1) is 17.0 Å². The van der Waals surface area contributed by atoms with E-state index in [0.717, 1.165) is 11.6 Å². The lowest BCUT2D eigenvalue weighted by atomic mass is 9.98. The summed E-state index contributed by atoms with van der Waals surface area (Å²) in [7, 11) is 0. The topological polar surface area (TPSA) is 63.4 Å². The third-order valence-corrected chi connectivity index (χ3v) is 5.41. The summed E-state index contributed by atoms with van der Waals surface area (Å²) in [6.07, 6.45) is 1.64. The highest BCUT2D eigenvalue weighted by Crippen LogP contribution is 2.40. The Kier molecular flexibility index (Phi) is 4.18. The summed E-state index contributed by atoms with van der Waals surface area (Å²) in [6.45, 7) is 1.89. The molecule has 1 atom stereocenters. The average Bonchev–Trinajstić information content (AvgIpc) is 3.03. The van der Waals surface area contributed by atoms with E-state index in [9.17, 15) is 14.0 Å². The molecule has 0 spiro atoms. The SMILES string of the molecule is Cc1ccc(N2C(=O)c3oc4ccc(F)cc4c(=O)c3C2c2ccc(Cl)cc2)nc1. The summed E-state index contributed by atoms with van der Waals surface area (Å²) in [4.78, 5) is 32.5. The molecule has 0 bridgehead atoms. The minimum absolute atomic E-state index is 0.0681. The van der Waals surface area contributed by atoms with E-state index in [0.29, 0.717) is 16.4 Å². The fourth-order valence-electron chi connectivity index (χ4n) is 3.74. The fraction of sp³-hybridized carbons (Fsp3) is 0.0870. The molecule has 4 aromatic rings. The number of anilines is 1. The van der Waals surface area contributed by atoms with Crippen LogP contribution in [0.25, 0.3) is 11.0 Å². The zero-order chi connectivity index (χ0) is 21.0. The number of benzene rings is 2. The molecule has 1 unspecified atom stereocenters. The third-order valence-electron chi connectivity index (χ3n) is 5.16. The smallest absolute Gasteiger partial charge is 0.296 e. The lowest BCUT2D eigenvalue weighted by Crippen LogP contribution is -2.30. The summed E-state index contributed by atoms with van der Waals surface area (Å²) >= 11 is 6.03. The standard InChI is InChI=1S/C23H14ClFN2O3/c1-12-2-9-18(26-11-12)27-20(13-3-5-14(24)6-4-13)19-21(28)16-10-15(25)7-8-17(16)30-22(19)23(27)29/h2-11,20H,1H3. The molecule has 5 rings (SSSR count). The quantitative estimate of drug-likeness (QED) is 0.456. The zero-order valence-corrected chi connectivity index (χ0v) is 16.5. The first-order valence-electron chi connectivity index (χ1n) is 9.22. The maximum Gasteiger partial charge on any atom is 0.296 e. The first-order chi connectivity index (χ1) is 14.4. The minimum atomic E-state index is -0.774. The van der Waals surface area contributed by atoms with Gasteiger partial charge in [0, 0.05) is 11.2 Å². The van der Waals surface area contributed by atoms with Crippen molar-refractivity contribution in [1.82, 2.24) is 4.98 Å². The van der Waals surface area contributed by atoms with Crippen molar-refractivity contribution in [3.05, 3.63) is 104 Å². The maximum atomic E-state index is 13.8. The Bertz CT molecular complexity index is 1360. The Morgan fingerprint density at radius 2 is 1.83 bits per heavy atom. The largest absolute Gasteiger partial charge is 0.450 e. The van der Waals surface area contributed by atoms with Gasteiger partial charge in [-0.05, 0) is 54.4 Å². The van der Waals surface area contributed by atoms with Crippen LogP contribution in [0, 0.1) is 12.7 Å². The zero-order valence-electron chi connectivity index (χ0n) is 15.7. The number of carbonyl (C=O) groups is 1. The van der Waals surface area contributed by atoms with Gasteiger partial charge in [-0.1, -0.05) is 29.8 Å². The van der Waals surface area contributed by atoms with Gasteiger partial charge in [-0.15, -0.1) is 0 Å². The van der Waals surface area contributed by atoms with Crippen molar-refractivity contribution in [2.24, 2.45) is 0 Å². The number of amides is 1. The second kappa shape index (κ2) is 6.78. The highest BCUT2D eigenvalue weighted by atomic mass is 35.5. The van der Waals surface area contributed by atoms with Crippen LogP contribution in [-0.4, -0.2) is 10.9 Å². The lowest BCUT2D eigenvalue weighted by Gasteiger charge is -2.24. The highest BCUT2D eigenvalue weighted by Gasteiger charge is 2.44. The molecule has 2 aromatic carbocycles. The van der Waals surface area contributed by atoms with Crippen LogP contribution >= 0.6 is 11.6 Å². The molecule has 1 amide bonds. The first-order valence-corrected chi connectivity index (χ1v) is 9.60. The van der Waals surface area contributed by atoms with Crippen molar-refractivity contribution >= 4 is 34.3 Å². The average molecular weight is 421 g/mol. The number of hydrogen-bond acceptors (Lipinski definition) is 4. The van der Waals surface area contributed by atoms with Gasteiger partial charge in [0.1, 0.15) is 17.2 Å². The van der Waals surface area contributed by atoms with Gasteiger partial charge in [0.2, 0.25) is 5.76 Å². The molecule has 7 heteroatoms. The summed E-state index contributed by atoms with van der Waals surface area (Å²) in [5, 5.41) is 0.607. The minimum Gasteiger partial charge on any atom is -0.450 e. The monoisotopic (exact) mass is 420 g/mol. The normalized spacial score (nSPS) is 15.6. The summed E-state index contributed by atoms with van der Waals surface area (Å²) in [5.41, 5.74) is 1.46. The molecule has 1 aliphatic rings. The van der Waals surface area contributed by atoms with E-state index in [1.807, 2.05) is 13.0 Å². The number of carbonyl (C=O) groups excluding carboxylic acids is 1. The highest BCUT2D eigenvalue weighted by molar-refractivity contribution is 6.30. The predicted molar refractivity (Wildman–Crippen MR) is 112 cm³/mol. The van der Waals surface area contributed by atoms with Crippen molar-refractivity contribution in [3.63, 3.8) is 0 Å². The van der Waals surface area contributed by atoms with Crippen molar-refractivity contribution in [2.75, 3.05) is 4.90 Å². The molecule has 0 saturated heterocycles. The first kappa shape index (κ1) is 18.5. The predicted octanol–water partition coefficient (Wildman–Crippen LogP) is 5.04. The van der Waals surface area contributed by atoms with Crippen LogP contribution in [0.2, 0.25) is 5.02 Å². The molecule has 0 N–H and O–H groups in total. The second-order valence-corrected chi connectivity index (χ2v) is 7.57. The lowest BCUT2D eigenvalue weighted by molar-refractivity contribution is 0.0970. The molecule has 0 saturated carbocycles. The molecule has 148 valence electrons. The van der Waals surface area contributed by atoms with Crippen LogP contribution in [0.5, 0.6) is 0 Å².